The van der Waals surface area contributed by atoms with Crippen LogP contribution in [0.4, 0.5) is 0 Å². The second-order valence-electron chi connectivity index (χ2n) is 6.01. The number of aryl methyl sites for hydroxylation is 1. The molecule has 22 heavy (non-hydrogen) atoms. The zero-order valence-electron chi connectivity index (χ0n) is 14.5. The zero-order chi connectivity index (χ0) is 15.9. The molecule has 1 atom stereocenters. The van der Waals surface area contributed by atoms with Crippen molar-refractivity contribution in [2.75, 3.05) is 13.1 Å². The van der Waals surface area contributed by atoms with E-state index in [4.69, 9.17) is 0 Å². The normalized spacial score (nSPS) is 15.5. The Morgan fingerprint density at radius 1 is 1.00 bits per heavy atom. The third-order valence-corrected chi connectivity index (χ3v) is 4.48. The molecule has 0 N–H and O–H groups in total. The summed E-state index contributed by atoms with van der Waals surface area (Å²) in [6.07, 6.45) is 1.20. The van der Waals surface area contributed by atoms with E-state index < -0.39 is 0 Å². The van der Waals surface area contributed by atoms with Gasteiger partial charge in [-0.2, -0.15) is 0 Å². The Bertz CT molecular complexity index is 574. The number of rotatable bonds is 3. The molecule has 3 rings (SSSR count). The minimum atomic E-state index is 0.600. The predicted molar refractivity (Wildman–Crippen MR) is 96.4 cm³/mol. The van der Waals surface area contributed by atoms with Crippen LogP contribution in [0.2, 0.25) is 0 Å². The topological polar surface area (TPSA) is 3.24 Å². The average Bonchev–Trinajstić information content (AvgIpc) is 2.57. The summed E-state index contributed by atoms with van der Waals surface area (Å²) in [5.41, 5.74) is 6.01. The van der Waals surface area contributed by atoms with Crippen LogP contribution in [0.15, 0.2) is 48.5 Å². The van der Waals surface area contributed by atoms with Gasteiger partial charge in [0, 0.05) is 19.6 Å². The second-order valence-corrected chi connectivity index (χ2v) is 6.01. The molecule has 2 aromatic rings. The van der Waals surface area contributed by atoms with Crippen LogP contribution >= 0.6 is 0 Å². The largest absolute Gasteiger partial charge is 0.298 e. The van der Waals surface area contributed by atoms with E-state index in [0.29, 0.717) is 5.92 Å². The summed E-state index contributed by atoms with van der Waals surface area (Å²) >= 11 is 0. The van der Waals surface area contributed by atoms with Crippen LogP contribution in [0.5, 0.6) is 0 Å². The molecule has 0 amide bonds. The number of hydrogen-bond donors (Lipinski definition) is 0. The molecule has 1 aliphatic heterocycles. The van der Waals surface area contributed by atoms with Gasteiger partial charge in [0.2, 0.25) is 0 Å². The number of benzene rings is 2. The van der Waals surface area contributed by atoms with Gasteiger partial charge in [-0.25, -0.2) is 0 Å². The number of nitrogens with zero attached hydrogens (tertiary/aromatic N) is 1. The fourth-order valence-corrected chi connectivity index (χ4v) is 3.29. The highest BCUT2D eigenvalue weighted by molar-refractivity contribution is 5.36. The van der Waals surface area contributed by atoms with Gasteiger partial charge in [0.1, 0.15) is 0 Å². The van der Waals surface area contributed by atoms with Gasteiger partial charge in [0.05, 0.1) is 0 Å². The first kappa shape index (κ1) is 16.8. The van der Waals surface area contributed by atoms with Gasteiger partial charge in [-0.3, -0.25) is 4.90 Å². The van der Waals surface area contributed by atoms with Crippen LogP contribution in [-0.4, -0.2) is 18.0 Å². The Morgan fingerprint density at radius 2 is 1.73 bits per heavy atom. The van der Waals surface area contributed by atoms with Crippen molar-refractivity contribution in [3.63, 3.8) is 0 Å². The molecular formula is C21H29N. The smallest absolute Gasteiger partial charge is 0.0236 e. The molecule has 0 fully saturated rings. The molecule has 0 radical (unpaired) electrons. The van der Waals surface area contributed by atoms with Crippen molar-refractivity contribution < 1.29 is 0 Å². The van der Waals surface area contributed by atoms with Crippen molar-refractivity contribution in [2.24, 2.45) is 0 Å². The van der Waals surface area contributed by atoms with Gasteiger partial charge in [-0.15, -0.1) is 0 Å². The van der Waals surface area contributed by atoms with E-state index in [1.165, 1.54) is 29.7 Å². The maximum absolute atomic E-state index is 2.60. The quantitative estimate of drug-likeness (QED) is 0.754. The molecular weight excluding hydrogens is 266 g/mol. The molecule has 0 aliphatic carbocycles. The molecule has 0 bridgehead atoms. The Hall–Kier alpha value is -1.60. The van der Waals surface area contributed by atoms with E-state index in [-0.39, 0.29) is 0 Å². The summed E-state index contributed by atoms with van der Waals surface area (Å²) in [7, 11) is 0. The van der Waals surface area contributed by atoms with Crippen LogP contribution in [-0.2, 0) is 13.0 Å². The molecule has 1 unspecified atom stereocenters. The van der Waals surface area contributed by atoms with E-state index in [9.17, 15) is 0 Å². The predicted octanol–water partition coefficient (Wildman–Crippen LogP) is 5.18. The van der Waals surface area contributed by atoms with E-state index in [2.05, 4.69) is 67.3 Å². The molecule has 1 nitrogen and oxygen atoms in total. The SMILES string of the molecule is CC.Cc1cccc2c1CCN(CC(C)c1ccccc1)C2. The monoisotopic (exact) mass is 295 g/mol. The van der Waals surface area contributed by atoms with E-state index >= 15 is 0 Å². The molecule has 0 saturated carbocycles. The van der Waals surface area contributed by atoms with Crippen molar-refractivity contribution in [3.05, 3.63) is 70.8 Å². The number of hydrogen-bond acceptors (Lipinski definition) is 1. The summed E-state index contributed by atoms with van der Waals surface area (Å²) in [4.78, 5) is 2.60. The standard InChI is InChI=1S/C19H23N.C2H6/c1-15-7-6-10-18-14-20(12-11-19(15)18)13-16(2)17-8-4-3-5-9-17;1-2/h3-10,16H,11-14H2,1-2H3;1-2H3. The maximum atomic E-state index is 2.60. The highest BCUT2D eigenvalue weighted by atomic mass is 15.1. The molecule has 1 heterocycles. The second kappa shape index (κ2) is 8.14. The van der Waals surface area contributed by atoms with Gasteiger partial charge in [-0.1, -0.05) is 69.3 Å². The lowest BCUT2D eigenvalue weighted by molar-refractivity contribution is 0.241. The van der Waals surface area contributed by atoms with Gasteiger partial charge in [-0.05, 0) is 41.5 Å². The molecule has 118 valence electrons. The van der Waals surface area contributed by atoms with Crippen LogP contribution in [0.1, 0.15) is 48.9 Å². The molecule has 2 aromatic carbocycles. The Kier molecular flexibility index (Phi) is 6.21. The molecule has 1 aliphatic rings. The van der Waals surface area contributed by atoms with Crippen molar-refractivity contribution >= 4 is 0 Å². The first-order valence-corrected chi connectivity index (χ1v) is 8.58. The molecule has 0 aromatic heterocycles. The first-order valence-electron chi connectivity index (χ1n) is 8.58. The summed E-state index contributed by atoms with van der Waals surface area (Å²) in [6, 6.07) is 17.6. The van der Waals surface area contributed by atoms with Gasteiger partial charge in [0.15, 0.2) is 0 Å². The average molecular weight is 295 g/mol. The minimum Gasteiger partial charge on any atom is -0.298 e. The van der Waals surface area contributed by atoms with Crippen LogP contribution in [0, 0.1) is 6.92 Å². The van der Waals surface area contributed by atoms with Gasteiger partial charge < -0.3 is 0 Å². The summed E-state index contributed by atoms with van der Waals surface area (Å²) < 4.78 is 0. The third-order valence-electron chi connectivity index (χ3n) is 4.48. The number of fused-ring (bicyclic) bond motifs is 1. The zero-order valence-corrected chi connectivity index (χ0v) is 14.5. The van der Waals surface area contributed by atoms with Crippen LogP contribution in [0.3, 0.4) is 0 Å². The fourth-order valence-electron chi connectivity index (χ4n) is 3.29. The van der Waals surface area contributed by atoms with E-state index in [0.717, 1.165) is 13.1 Å². The lowest BCUT2D eigenvalue weighted by atomic mass is 9.94. The van der Waals surface area contributed by atoms with Crippen molar-refractivity contribution in [3.8, 4) is 0 Å². The minimum absolute atomic E-state index is 0.600. The van der Waals surface area contributed by atoms with Crippen molar-refractivity contribution in [1.82, 2.24) is 4.90 Å². The third kappa shape index (κ3) is 3.98. The maximum Gasteiger partial charge on any atom is 0.0236 e. The lowest BCUT2D eigenvalue weighted by Gasteiger charge is -2.31. The molecule has 1 heteroatoms. The summed E-state index contributed by atoms with van der Waals surface area (Å²) in [5.74, 6) is 0.600. The molecule has 0 spiro atoms. The molecule has 0 saturated heterocycles. The lowest BCUT2D eigenvalue weighted by Crippen LogP contribution is -2.33. The van der Waals surface area contributed by atoms with Gasteiger partial charge >= 0.3 is 0 Å². The Morgan fingerprint density at radius 3 is 2.45 bits per heavy atom. The fraction of sp³-hybridized carbons (Fsp3) is 0.429. The first-order chi connectivity index (χ1) is 10.7. The Balaban J connectivity index is 0.000000847. The Labute approximate surface area is 136 Å². The highest BCUT2D eigenvalue weighted by Gasteiger charge is 2.19. The van der Waals surface area contributed by atoms with E-state index in [1.807, 2.05) is 13.8 Å². The highest BCUT2D eigenvalue weighted by Crippen LogP contribution is 2.24. The van der Waals surface area contributed by atoms with Crippen molar-refractivity contribution in [2.45, 2.75) is 46.6 Å². The van der Waals surface area contributed by atoms with Gasteiger partial charge in [0.25, 0.3) is 0 Å². The summed E-state index contributed by atoms with van der Waals surface area (Å²) in [6.45, 7) is 12.0. The van der Waals surface area contributed by atoms with Crippen LogP contribution in [0.25, 0.3) is 0 Å². The summed E-state index contributed by atoms with van der Waals surface area (Å²) in [5, 5.41) is 0. The van der Waals surface area contributed by atoms with Crippen molar-refractivity contribution in [1.29, 1.82) is 0 Å². The van der Waals surface area contributed by atoms with Crippen LogP contribution < -0.4 is 0 Å². The van der Waals surface area contributed by atoms with E-state index in [1.54, 1.807) is 5.56 Å².